The molecule has 15 heavy (non-hydrogen) atoms. The summed E-state index contributed by atoms with van der Waals surface area (Å²) in [7, 11) is 0. The van der Waals surface area contributed by atoms with E-state index in [0.29, 0.717) is 0 Å². The van der Waals surface area contributed by atoms with Crippen LogP contribution in [0.25, 0.3) is 11.1 Å². The molecule has 1 heterocycles. The minimum Gasteiger partial charge on any atom is -0.443 e. The van der Waals surface area contributed by atoms with Crippen molar-refractivity contribution >= 4 is 11.1 Å². The lowest BCUT2D eigenvalue weighted by Gasteiger charge is -2.00. The Morgan fingerprint density at radius 1 is 1.20 bits per heavy atom. The van der Waals surface area contributed by atoms with Gasteiger partial charge in [-0.05, 0) is 30.5 Å². The molecule has 80 valence electrons. The van der Waals surface area contributed by atoms with E-state index >= 15 is 0 Å². The van der Waals surface area contributed by atoms with Crippen LogP contribution >= 0.6 is 0 Å². The first-order valence-electron chi connectivity index (χ1n) is 5.72. The lowest BCUT2D eigenvalue weighted by atomic mass is 10.1. The zero-order chi connectivity index (χ0) is 10.5. The van der Waals surface area contributed by atoms with E-state index in [9.17, 15) is 0 Å². The Balaban J connectivity index is 1.96. The third-order valence-electron chi connectivity index (χ3n) is 2.71. The fourth-order valence-corrected chi connectivity index (χ4v) is 1.81. The second kappa shape index (κ2) is 4.96. The molecule has 0 aliphatic carbocycles. The number of aryl methyl sites for hydroxylation is 1. The van der Waals surface area contributed by atoms with Crippen molar-refractivity contribution in [2.24, 2.45) is 0 Å². The molecule has 0 unspecified atom stereocenters. The van der Waals surface area contributed by atoms with Gasteiger partial charge >= 0.3 is 0 Å². The summed E-state index contributed by atoms with van der Waals surface area (Å²) in [4.78, 5) is 4.16. The van der Waals surface area contributed by atoms with Gasteiger partial charge in [-0.3, -0.25) is 0 Å². The summed E-state index contributed by atoms with van der Waals surface area (Å²) in [6, 6.07) is 6.28. The van der Waals surface area contributed by atoms with Crippen molar-refractivity contribution in [3.63, 3.8) is 0 Å². The zero-order valence-corrected chi connectivity index (χ0v) is 9.20. The van der Waals surface area contributed by atoms with E-state index < -0.39 is 0 Å². The van der Waals surface area contributed by atoms with Crippen LogP contribution in [-0.4, -0.2) is 4.98 Å². The highest BCUT2D eigenvalue weighted by Gasteiger charge is 1.99. The number of benzene rings is 1. The van der Waals surface area contributed by atoms with Crippen LogP contribution in [0.3, 0.4) is 0 Å². The molecule has 1 aromatic heterocycles. The fraction of sp³-hybridized carbons (Fsp3) is 0.462. The van der Waals surface area contributed by atoms with E-state index in [4.69, 9.17) is 4.42 Å². The molecular weight excluding hydrogens is 186 g/mol. The van der Waals surface area contributed by atoms with E-state index in [2.05, 4.69) is 24.0 Å². The number of hydrogen-bond acceptors (Lipinski definition) is 2. The zero-order valence-electron chi connectivity index (χ0n) is 9.20. The highest BCUT2D eigenvalue weighted by Crippen LogP contribution is 2.16. The van der Waals surface area contributed by atoms with Crippen molar-refractivity contribution < 1.29 is 4.42 Å². The minimum atomic E-state index is 0.882. The first-order chi connectivity index (χ1) is 7.40. The molecule has 0 aliphatic heterocycles. The summed E-state index contributed by atoms with van der Waals surface area (Å²) in [5.41, 5.74) is 3.22. The molecule has 2 nitrogen and oxygen atoms in total. The Labute approximate surface area is 90.3 Å². The molecule has 0 saturated heterocycles. The molecule has 0 fully saturated rings. The van der Waals surface area contributed by atoms with Gasteiger partial charge in [0.1, 0.15) is 5.52 Å². The standard InChI is InChI=1S/C13H17NO/c1-2-3-4-5-6-11-7-8-13-12(9-11)14-10-15-13/h7-10H,2-6H2,1H3. The van der Waals surface area contributed by atoms with Gasteiger partial charge in [0.25, 0.3) is 0 Å². The predicted octanol–water partition coefficient (Wildman–Crippen LogP) is 3.95. The molecule has 2 aromatic rings. The predicted molar refractivity (Wildman–Crippen MR) is 61.9 cm³/mol. The summed E-state index contributed by atoms with van der Waals surface area (Å²) in [5, 5.41) is 0. The molecular formula is C13H17NO. The number of fused-ring (bicyclic) bond motifs is 1. The van der Waals surface area contributed by atoms with Crippen molar-refractivity contribution in [3.8, 4) is 0 Å². The SMILES string of the molecule is CCCCCCc1ccc2ocnc2c1. The van der Waals surface area contributed by atoms with Crippen LogP contribution in [0, 0.1) is 0 Å². The maximum absolute atomic E-state index is 5.20. The quantitative estimate of drug-likeness (QED) is 0.688. The number of aromatic nitrogens is 1. The van der Waals surface area contributed by atoms with Gasteiger partial charge in [0.15, 0.2) is 12.0 Å². The molecule has 0 atom stereocenters. The molecule has 0 N–H and O–H groups in total. The van der Waals surface area contributed by atoms with Crippen LogP contribution in [0.1, 0.15) is 38.2 Å². The van der Waals surface area contributed by atoms with Crippen LogP contribution < -0.4 is 0 Å². The number of rotatable bonds is 5. The Bertz CT molecular complexity index is 419. The number of unbranched alkanes of at least 4 members (excludes halogenated alkanes) is 3. The third-order valence-corrected chi connectivity index (χ3v) is 2.71. The van der Waals surface area contributed by atoms with Crippen LogP contribution in [-0.2, 0) is 6.42 Å². The third kappa shape index (κ3) is 2.58. The average Bonchev–Trinajstić information content (AvgIpc) is 2.71. The first-order valence-corrected chi connectivity index (χ1v) is 5.72. The van der Waals surface area contributed by atoms with Crippen molar-refractivity contribution in [2.45, 2.75) is 39.0 Å². The van der Waals surface area contributed by atoms with Crippen molar-refractivity contribution in [1.82, 2.24) is 4.98 Å². The normalized spacial score (nSPS) is 11.0. The summed E-state index contributed by atoms with van der Waals surface area (Å²) in [5.74, 6) is 0. The molecule has 2 heteroatoms. The number of nitrogens with zero attached hydrogens (tertiary/aromatic N) is 1. The first kappa shape index (κ1) is 10.2. The van der Waals surface area contributed by atoms with E-state index in [0.717, 1.165) is 17.5 Å². The highest BCUT2D eigenvalue weighted by atomic mass is 16.3. The van der Waals surface area contributed by atoms with E-state index in [1.807, 2.05) is 6.07 Å². The lowest BCUT2D eigenvalue weighted by Crippen LogP contribution is -1.85. The fourth-order valence-electron chi connectivity index (χ4n) is 1.81. The summed E-state index contributed by atoms with van der Waals surface area (Å²) >= 11 is 0. The van der Waals surface area contributed by atoms with Crippen LogP contribution in [0.15, 0.2) is 29.0 Å². The van der Waals surface area contributed by atoms with Crippen molar-refractivity contribution in [1.29, 1.82) is 0 Å². The minimum absolute atomic E-state index is 0.882. The van der Waals surface area contributed by atoms with Gasteiger partial charge in [-0.25, -0.2) is 4.98 Å². The van der Waals surface area contributed by atoms with Gasteiger partial charge in [-0.2, -0.15) is 0 Å². The molecule has 1 aromatic carbocycles. The number of oxazole rings is 1. The highest BCUT2D eigenvalue weighted by molar-refractivity contribution is 5.72. The monoisotopic (exact) mass is 203 g/mol. The van der Waals surface area contributed by atoms with Crippen LogP contribution in [0.2, 0.25) is 0 Å². The topological polar surface area (TPSA) is 26.0 Å². The molecule has 0 bridgehead atoms. The van der Waals surface area contributed by atoms with E-state index in [1.165, 1.54) is 37.6 Å². The average molecular weight is 203 g/mol. The molecule has 0 amide bonds. The summed E-state index contributed by atoms with van der Waals surface area (Å²) < 4.78 is 5.20. The summed E-state index contributed by atoms with van der Waals surface area (Å²) in [6.45, 7) is 2.24. The lowest BCUT2D eigenvalue weighted by molar-refractivity contribution is 0.602. The largest absolute Gasteiger partial charge is 0.443 e. The van der Waals surface area contributed by atoms with Gasteiger partial charge in [0.2, 0.25) is 0 Å². The second-order valence-electron chi connectivity index (χ2n) is 3.97. The van der Waals surface area contributed by atoms with Crippen LogP contribution in [0.5, 0.6) is 0 Å². The molecule has 0 saturated carbocycles. The van der Waals surface area contributed by atoms with E-state index in [1.54, 1.807) is 0 Å². The van der Waals surface area contributed by atoms with Gasteiger partial charge in [-0.1, -0.05) is 32.3 Å². The Morgan fingerprint density at radius 2 is 2.13 bits per heavy atom. The van der Waals surface area contributed by atoms with E-state index in [-0.39, 0.29) is 0 Å². The molecule has 0 spiro atoms. The summed E-state index contributed by atoms with van der Waals surface area (Å²) in [6.07, 6.45) is 7.90. The molecule has 2 rings (SSSR count). The van der Waals surface area contributed by atoms with Gasteiger partial charge in [0.05, 0.1) is 0 Å². The second-order valence-corrected chi connectivity index (χ2v) is 3.97. The van der Waals surface area contributed by atoms with Gasteiger partial charge in [0, 0.05) is 0 Å². The van der Waals surface area contributed by atoms with Gasteiger partial charge < -0.3 is 4.42 Å². The van der Waals surface area contributed by atoms with Crippen molar-refractivity contribution in [2.75, 3.05) is 0 Å². The molecule has 0 radical (unpaired) electrons. The van der Waals surface area contributed by atoms with Crippen molar-refractivity contribution in [3.05, 3.63) is 30.2 Å². The van der Waals surface area contributed by atoms with Crippen LogP contribution in [0.4, 0.5) is 0 Å². The smallest absolute Gasteiger partial charge is 0.181 e. The Hall–Kier alpha value is -1.31. The maximum Gasteiger partial charge on any atom is 0.181 e. The number of hydrogen-bond donors (Lipinski definition) is 0. The Morgan fingerprint density at radius 3 is 3.00 bits per heavy atom. The maximum atomic E-state index is 5.20. The van der Waals surface area contributed by atoms with Gasteiger partial charge in [-0.15, -0.1) is 0 Å². The molecule has 0 aliphatic rings. The Kier molecular flexibility index (Phi) is 3.38.